The third-order valence-corrected chi connectivity index (χ3v) is 1.69. The minimum Gasteiger partial charge on any atom is -0.425 e. The van der Waals surface area contributed by atoms with E-state index in [9.17, 15) is 4.79 Å². The average molecular weight is 220 g/mol. The van der Waals surface area contributed by atoms with Crippen LogP contribution in [-0.2, 0) is 4.79 Å². The van der Waals surface area contributed by atoms with Gasteiger partial charge in [-0.25, -0.2) is 0 Å². The number of pyridine rings is 1. The molecule has 1 rings (SSSR count). The summed E-state index contributed by atoms with van der Waals surface area (Å²) in [5.41, 5.74) is 0.527. The molecule has 1 aromatic rings. The Bertz CT molecular complexity index is 298. The zero-order valence-electron chi connectivity index (χ0n) is 6.83. The number of esters is 1. The predicted molar refractivity (Wildman–Crippen MR) is 50.0 cm³/mol. The van der Waals surface area contributed by atoms with Gasteiger partial charge in [-0.1, -0.05) is 23.2 Å². The molecule has 13 heavy (non-hydrogen) atoms. The van der Waals surface area contributed by atoms with Crippen molar-refractivity contribution in [2.24, 2.45) is 0 Å². The molecule has 0 bridgehead atoms. The number of hydrogen-bond donors (Lipinski definition) is 0. The van der Waals surface area contributed by atoms with Crippen molar-refractivity contribution in [3.8, 4) is 5.75 Å². The van der Waals surface area contributed by atoms with Crippen molar-refractivity contribution in [1.29, 1.82) is 0 Å². The number of halogens is 2. The van der Waals surface area contributed by atoms with Crippen molar-refractivity contribution >= 4 is 29.2 Å². The summed E-state index contributed by atoms with van der Waals surface area (Å²) in [6, 6.07) is 3.18. The van der Waals surface area contributed by atoms with Gasteiger partial charge >= 0.3 is 5.97 Å². The second-order valence-corrected chi connectivity index (χ2v) is 3.41. The first-order valence-corrected chi connectivity index (χ1v) is 4.39. The highest BCUT2D eigenvalue weighted by atomic mass is 35.5. The number of hydrogen-bond acceptors (Lipinski definition) is 3. The van der Waals surface area contributed by atoms with Gasteiger partial charge in [-0.15, -0.1) is 0 Å². The number of ether oxygens (including phenoxy) is 1. The van der Waals surface area contributed by atoms with Crippen LogP contribution < -0.4 is 4.74 Å². The Kier molecular flexibility index (Phi) is 3.51. The average Bonchev–Trinajstić information content (AvgIpc) is 2.04. The molecule has 1 heterocycles. The Morgan fingerprint density at radius 1 is 1.54 bits per heavy atom. The van der Waals surface area contributed by atoms with E-state index >= 15 is 0 Å². The minimum atomic E-state index is -0.661. The van der Waals surface area contributed by atoms with Gasteiger partial charge in [0.25, 0.3) is 0 Å². The van der Waals surface area contributed by atoms with Gasteiger partial charge in [-0.3, -0.25) is 9.78 Å². The summed E-state index contributed by atoms with van der Waals surface area (Å²) < 4.78 is 4.76. The molecule has 0 aliphatic rings. The van der Waals surface area contributed by atoms with Crippen molar-refractivity contribution in [2.75, 3.05) is 0 Å². The highest BCUT2D eigenvalue weighted by molar-refractivity contribution is 6.43. The molecule has 0 amide bonds. The summed E-state index contributed by atoms with van der Waals surface area (Å²) in [4.78, 5) is 13.8. The molecule has 0 aliphatic heterocycles. The summed E-state index contributed by atoms with van der Waals surface area (Å²) in [5.74, 6) is -0.00641. The largest absolute Gasteiger partial charge is 0.425 e. The summed E-state index contributed by atoms with van der Waals surface area (Å²) >= 11 is 11.1. The van der Waals surface area contributed by atoms with Crippen molar-refractivity contribution in [2.45, 2.75) is 11.8 Å². The number of rotatable bonds is 2. The Morgan fingerprint density at radius 3 is 2.62 bits per heavy atom. The predicted octanol–water partition coefficient (Wildman–Crippen LogP) is 2.48. The molecule has 0 N–H and O–H groups in total. The van der Waals surface area contributed by atoms with Gasteiger partial charge in [0.05, 0.1) is 11.9 Å². The third kappa shape index (κ3) is 3.20. The molecule has 0 radical (unpaired) electrons. The zero-order chi connectivity index (χ0) is 9.84. The lowest BCUT2D eigenvalue weighted by Gasteiger charge is -2.02. The van der Waals surface area contributed by atoms with Crippen LogP contribution in [0.3, 0.4) is 0 Å². The van der Waals surface area contributed by atoms with E-state index < -0.39 is 4.84 Å². The number of carbonyl (C=O) groups excluding carboxylic acids is 1. The zero-order valence-corrected chi connectivity index (χ0v) is 8.34. The normalized spacial score (nSPS) is 10.2. The lowest BCUT2D eigenvalue weighted by Crippen LogP contribution is -2.01. The molecule has 3 nitrogen and oxygen atoms in total. The van der Waals surface area contributed by atoms with Crippen molar-refractivity contribution in [3.05, 3.63) is 24.0 Å². The summed E-state index contributed by atoms with van der Waals surface area (Å²) in [7, 11) is 0. The van der Waals surface area contributed by atoms with E-state index in [-0.39, 0.29) is 5.97 Å². The monoisotopic (exact) mass is 219 g/mol. The van der Waals surface area contributed by atoms with Crippen LogP contribution in [0.15, 0.2) is 18.3 Å². The van der Waals surface area contributed by atoms with Gasteiger partial charge in [0.2, 0.25) is 0 Å². The molecule has 0 aliphatic carbocycles. The molecule has 0 spiro atoms. The van der Waals surface area contributed by atoms with Crippen molar-refractivity contribution in [3.63, 3.8) is 0 Å². The van der Waals surface area contributed by atoms with Gasteiger partial charge in [0.1, 0.15) is 10.6 Å². The fourth-order valence-corrected chi connectivity index (χ4v) is 1.01. The summed E-state index contributed by atoms with van der Waals surface area (Å²) in [5, 5.41) is 0. The molecule has 0 aromatic carbocycles. The number of carbonyl (C=O) groups is 1. The lowest BCUT2D eigenvalue weighted by molar-refractivity contribution is -0.131. The van der Waals surface area contributed by atoms with Gasteiger partial charge < -0.3 is 4.74 Å². The topological polar surface area (TPSA) is 39.2 Å². The summed E-state index contributed by atoms with van der Waals surface area (Å²) in [6.45, 7) is 1.32. The maximum Gasteiger partial charge on any atom is 0.308 e. The molecule has 70 valence electrons. The molecule has 0 saturated carbocycles. The number of aromatic nitrogens is 1. The van der Waals surface area contributed by atoms with E-state index in [1.165, 1.54) is 13.1 Å². The first-order valence-electron chi connectivity index (χ1n) is 3.52. The SMILES string of the molecule is CC(=O)Oc1ccc(C(Cl)Cl)nc1. The maximum absolute atomic E-state index is 10.5. The van der Waals surface area contributed by atoms with Crippen LogP contribution in [0.4, 0.5) is 0 Å². The third-order valence-electron chi connectivity index (χ3n) is 1.24. The van der Waals surface area contributed by atoms with E-state index in [1.807, 2.05) is 0 Å². The summed E-state index contributed by atoms with van der Waals surface area (Å²) in [6.07, 6.45) is 1.40. The maximum atomic E-state index is 10.5. The molecule has 5 heteroatoms. The quantitative estimate of drug-likeness (QED) is 0.567. The molecular weight excluding hydrogens is 213 g/mol. The molecule has 0 atom stereocenters. The molecule has 1 aromatic heterocycles. The van der Waals surface area contributed by atoms with E-state index in [4.69, 9.17) is 27.9 Å². The Hall–Kier alpha value is -0.800. The van der Waals surface area contributed by atoms with Crippen LogP contribution in [-0.4, -0.2) is 11.0 Å². The van der Waals surface area contributed by atoms with Crippen LogP contribution >= 0.6 is 23.2 Å². The minimum absolute atomic E-state index is 0.380. The Morgan fingerprint density at radius 2 is 2.23 bits per heavy atom. The number of nitrogens with zero attached hydrogens (tertiary/aromatic N) is 1. The van der Waals surface area contributed by atoms with Gasteiger partial charge in [0, 0.05) is 6.92 Å². The second-order valence-electron chi connectivity index (χ2n) is 2.31. The highest BCUT2D eigenvalue weighted by Gasteiger charge is 2.05. The smallest absolute Gasteiger partial charge is 0.308 e. The standard InChI is InChI=1S/C8H7Cl2NO2/c1-5(12)13-6-2-3-7(8(9)10)11-4-6/h2-4,8H,1H3. The Balaban J connectivity index is 2.75. The number of alkyl halides is 2. The van der Waals surface area contributed by atoms with E-state index in [1.54, 1.807) is 12.1 Å². The van der Waals surface area contributed by atoms with E-state index in [0.29, 0.717) is 11.4 Å². The second kappa shape index (κ2) is 4.44. The molecule has 0 fully saturated rings. The van der Waals surface area contributed by atoms with Crippen LogP contribution in [0.2, 0.25) is 0 Å². The highest BCUT2D eigenvalue weighted by Crippen LogP contribution is 2.23. The van der Waals surface area contributed by atoms with Crippen molar-refractivity contribution in [1.82, 2.24) is 4.98 Å². The first kappa shape index (κ1) is 10.3. The van der Waals surface area contributed by atoms with Crippen LogP contribution in [0.5, 0.6) is 5.75 Å². The van der Waals surface area contributed by atoms with Crippen LogP contribution in [0.1, 0.15) is 17.5 Å². The van der Waals surface area contributed by atoms with Gasteiger partial charge in [0.15, 0.2) is 0 Å². The molecule has 0 unspecified atom stereocenters. The van der Waals surface area contributed by atoms with Crippen LogP contribution in [0.25, 0.3) is 0 Å². The molecular formula is C8H7Cl2NO2. The first-order chi connectivity index (χ1) is 6.09. The van der Waals surface area contributed by atoms with E-state index in [2.05, 4.69) is 4.98 Å². The van der Waals surface area contributed by atoms with Gasteiger partial charge in [-0.2, -0.15) is 0 Å². The van der Waals surface area contributed by atoms with E-state index in [0.717, 1.165) is 0 Å². The van der Waals surface area contributed by atoms with Crippen molar-refractivity contribution < 1.29 is 9.53 Å². The van der Waals surface area contributed by atoms with Crippen LogP contribution in [0, 0.1) is 0 Å². The lowest BCUT2D eigenvalue weighted by atomic mass is 10.4. The fraction of sp³-hybridized carbons (Fsp3) is 0.250. The molecule has 0 saturated heterocycles. The fourth-order valence-electron chi connectivity index (χ4n) is 0.747. The Labute approximate surface area is 85.6 Å². The van der Waals surface area contributed by atoms with Gasteiger partial charge in [-0.05, 0) is 12.1 Å².